The zero-order chi connectivity index (χ0) is 23.7. The molecule has 1 unspecified atom stereocenters. The van der Waals surface area contributed by atoms with Crippen molar-refractivity contribution in [1.82, 2.24) is 0 Å². The lowest BCUT2D eigenvalue weighted by Crippen LogP contribution is -2.15. The van der Waals surface area contributed by atoms with Gasteiger partial charge in [0.15, 0.2) is 0 Å². The van der Waals surface area contributed by atoms with E-state index >= 15 is 0 Å². The second kappa shape index (κ2) is 24.6. The molecule has 0 aromatic heterocycles. The molecule has 4 nitrogen and oxygen atoms in total. The average Bonchev–Trinajstić information content (AvgIpc) is 2.77. The first-order valence-electron chi connectivity index (χ1n) is 13.9. The minimum absolute atomic E-state index is 0.0513. The van der Waals surface area contributed by atoms with E-state index in [1.807, 2.05) is 6.92 Å². The van der Waals surface area contributed by atoms with Crippen molar-refractivity contribution in [2.24, 2.45) is 0 Å². The number of carbonyl (C=O) groups excluding carboxylic acids is 2. The largest absolute Gasteiger partial charge is 0.466 e. The number of unbranched alkanes of at least 4 members (excludes halogenated alkanes) is 15. The quantitative estimate of drug-likeness (QED) is 0.108. The molecule has 0 spiro atoms. The van der Waals surface area contributed by atoms with Crippen LogP contribution in [-0.2, 0) is 19.1 Å². The van der Waals surface area contributed by atoms with Crippen LogP contribution in [0.4, 0.5) is 0 Å². The topological polar surface area (TPSA) is 52.6 Å². The van der Waals surface area contributed by atoms with E-state index in [1.54, 1.807) is 0 Å². The molecular formula is C28H54O4. The normalized spacial score (nSPS) is 12.0. The summed E-state index contributed by atoms with van der Waals surface area (Å²) in [6, 6.07) is 0. The Kier molecular flexibility index (Phi) is 23.8. The van der Waals surface area contributed by atoms with E-state index in [2.05, 4.69) is 13.8 Å². The van der Waals surface area contributed by atoms with Gasteiger partial charge in [-0.1, -0.05) is 104 Å². The first kappa shape index (κ1) is 30.9. The molecule has 0 fully saturated rings. The van der Waals surface area contributed by atoms with Crippen LogP contribution in [0.1, 0.15) is 156 Å². The third-order valence-electron chi connectivity index (χ3n) is 6.07. The van der Waals surface area contributed by atoms with Gasteiger partial charge in [-0.15, -0.1) is 0 Å². The monoisotopic (exact) mass is 454 g/mol. The van der Waals surface area contributed by atoms with Crippen molar-refractivity contribution in [3.8, 4) is 0 Å². The molecule has 0 aromatic rings. The third kappa shape index (κ3) is 23.6. The standard InChI is InChI=1S/C28H54O4/c1-4-6-8-10-12-14-16-18-23-27(29)31-25-21-20-22-26(3)32-28(30)24-19-17-15-13-11-9-7-5-2/h26H,4-25H2,1-3H3. The van der Waals surface area contributed by atoms with Crippen molar-refractivity contribution in [2.45, 2.75) is 162 Å². The molecular weight excluding hydrogens is 400 g/mol. The Hall–Kier alpha value is -1.06. The van der Waals surface area contributed by atoms with Gasteiger partial charge in [0.05, 0.1) is 12.7 Å². The van der Waals surface area contributed by atoms with Gasteiger partial charge in [0, 0.05) is 12.8 Å². The minimum atomic E-state index is -0.0692. The molecule has 0 saturated heterocycles. The van der Waals surface area contributed by atoms with Gasteiger partial charge in [-0.25, -0.2) is 0 Å². The Labute approximate surface area is 199 Å². The van der Waals surface area contributed by atoms with Crippen LogP contribution in [0.25, 0.3) is 0 Å². The van der Waals surface area contributed by atoms with Crippen LogP contribution in [0.3, 0.4) is 0 Å². The van der Waals surface area contributed by atoms with Crippen LogP contribution >= 0.6 is 0 Å². The zero-order valence-electron chi connectivity index (χ0n) is 21.8. The number of ether oxygens (including phenoxy) is 2. The number of hydrogen-bond acceptors (Lipinski definition) is 4. The van der Waals surface area contributed by atoms with Gasteiger partial charge < -0.3 is 9.47 Å². The smallest absolute Gasteiger partial charge is 0.306 e. The molecule has 0 N–H and O–H groups in total. The maximum atomic E-state index is 11.9. The number of carbonyl (C=O) groups is 2. The van der Waals surface area contributed by atoms with Gasteiger partial charge in [0.25, 0.3) is 0 Å². The fraction of sp³-hybridized carbons (Fsp3) is 0.929. The van der Waals surface area contributed by atoms with Crippen molar-refractivity contribution in [1.29, 1.82) is 0 Å². The Morgan fingerprint density at radius 2 is 1.00 bits per heavy atom. The van der Waals surface area contributed by atoms with Gasteiger partial charge in [-0.3, -0.25) is 9.59 Å². The summed E-state index contributed by atoms with van der Waals surface area (Å²) in [7, 11) is 0. The molecule has 0 aromatic carbocycles. The first-order chi connectivity index (χ1) is 15.6. The predicted octanol–water partition coefficient (Wildman–Crippen LogP) is 8.69. The van der Waals surface area contributed by atoms with Crippen LogP contribution in [0, 0.1) is 0 Å². The highest BCUT2D eigenvalue weighted by molar-refractivity contribution is 5.69. The highest BCUT2D eigenvalue weighted by Gasteiger charge is 2.09. The Balaban J connectivity index is 3.42. The predicted molar refractivity (Wildman–Crippen MR) is 135 cm³/mol. The van der Waals surface area contributed by atoms with E-state index in [-0.39, 0.29) is 18.0 Å². The molecule has 1 atom stereocenters. The Morgan fingerprint density at radius 1 is 0.562 bits per heavy atom. The van der Waals surface area contributed by atoms with Crippen LogP contribution in [0.2, 0.25) is 0 Å². The molecule has 0 heterocycles. The summed E-state index contributed by atoms with van der Waals surface area (Å²) in [5.74, 6) is -0.138. The number of esters is 2. The fourth-order valence-corrected chi connectivity index (χ4v) is 3.94. The lowest BCUT2D eigenvalue weighted by Gasteiger charge is -2.13. The van der Waals surface area contributed by atoms with Crippen LogP contribution in [0.15, 0.2) is 0 Å². The van der Waals surface area contributed by atoms with Crippen molar-refractivity contribution >= 4 is 11.9 Å². The third-order valence-corrected chi connectivity index (χ3v) is 6.07. The summed E-state index contributed by atoms with van der Waals surface area (Å²) >= 11 is 0. The lowest BCUT2D eigenvalue weighted by molar-refractivity contribution is -0.148. The summed E-state index contributed by atoms with van der Waals surface area (Å²) < 4.78 is 10.8. The fourth-order valence-electron chi connectivity index (χ4n) is 3.94. The van der Waals surface area contributed by atoms with Crippen LogP contribution in [-0.4, -0.2) is 24.6 Å². The number of hydrogen-bond donors (Lipinski definition) is 0. The van der Waals surface area contributed by atoms with E-state index < -0.39 is 0 Å². The summed E-state index contributed by atoms with van der Waals surface area (Å²) in [4.78, 5) is 23.7. The second-order valence-electron chi connectivity index (χ2n) is 9.47. The SMILES string of the molecule is CCCCCCCCCCC(=O)OCCCCC(C)OC(=O)CCCCCCCCCC. The van der Waals surface area contributed by atoms with E-state index in [1.165, 1.54) is 77.0 Å². The van der Waals surface area contributed by atoms with Gasteiger partial charge >= 0.3 is 11.9 Å². The molecule has 4 heteroatoms. The molecule has 0 rings (SSSR count). The molecule has 0 aliphatic carbocycles. The molecule has 0 amide bonds. The summed E-state index contributed by atoms with van der Waals surface area (Å²) in [5, 5.41) is 0. The highest BCUT2D eigenvalue weighted by atomic mass is 16.5. The van der Waals surface area contributed by atoms with E-state index in [4.69, 9.17) is 9.47 Å². The van der Waals surface area contributed by atoms with Gasteiger partial charge in [-0.2, -0.15) is 0 Å². The van der Waals surface area contributed by atoms with Crippen molar-refractivity contribution in [3.63, 3.8) is 0 Å². The zero-order valence-corrected chi connectivity index (χ0v) is 21.8. The molecule has 0 radical (unpaired) electrons. The second-order valence-corrected chi connectivity index (χ2v) is 9.47. The van der Waals surface area contributed by atoms with Gasteiger partial charge in [0.1, 0.15) is 0 Å². The lowest BCUT2D eigenvalue weighted by atomic mass is 10.1. The van der Waals surface area contributed by atoms with E-state index in [0.717, 1.165) is 44.9 Å². The molecule has 0 aliphatic rings. The van der Waals surface area contributed by atoms with Gasteiger partial charge in [0.2, 0.25) is 0 Å². The number of rotatable bonds is 24. The summed E-state index contributed by atoms with van der Waals surface area (Å²) in [6.07, 6.45) is 23.4. The van der Waals surface area contributed by atoms with Crippen molar-refractivity contribution in [2.75, 3.05) is 6.61 Å². The molecule has 0 saturated carbocycles. The van der Waals surface area contributed by atoms with Crippen molar-refractivity contribution < 1.29 is 19.1 Å². The van der Waals surface area contributed by atoms with Crippen LogP contribution < -0.4 is 0 Å². The molecule has 32 heavy (non-hydrogen) atoms. The van der Waals surface area contributed by atoms with Crippen molar-refractivity contribution in [3.05, 3.63) is 0 Å². The molecule has 0 bridgehead atoms. The maximum Gasteiger partial charge on any atom is 0.306 e. The van der Waals surface area contributed by atoms with E-state index in [9.17, 15) is 9.59 Å². The maximum absolute atomic E-state index is 11.9. The van der Waals surface area contributed by atoms with E-state index in [0.29, 0.717) is 19.4 Å². The minimum Gasteiger partial charge on any atom is -0.466 e. The average molecular weight is 455 g/mol. The summed E-state index contributed by atoms with van der Waals surface area (Å²) in [5.41, 5.74) is 0. The highest BCUT2D eigenvalue weighted by Crippen LogP contribution is 2.12. The Bertz CT molecular complexity index is 422. The van der Waals surface area contributed by atoms with Gasteiger partial charge in [-0.05, 0) is 39.0 Å². The Morgan fingerprint density at radius 3 is 1.50 bits per heavy atom. The molecule has 190 valence electrons. The first-order valence-corrected chi connectivity index (χ1v) is 13.9. The summed E-state index contributed by atoms with van der Waals surface area (Å²) in [6.45, 7) is 6.91. The van der Waals surface area contributed by atoms with Crippen LogP contribution in [0.5, 0.6) is 0 Å². The molecule has 0 aliphatic heterocycles.